The third-order valence-corrected chi connectivity index (χ3v) is 10.1. The molecule has 2 fully saturated rings. The minimum atomic E-state index is -4.16. The zero-order chi connectivity index (χ0) is 32.3. The Kier molecular flexibility index (Phi) is 9.81. The molecule has 0 radical (unpaired) electrons. The van der Waals surface area contributed by atoms with Crippen LogP contribution in [0.2, 0.25) is 0 Å². The summed E-state index contributed by atoms with van der Waals surface area (Å²) in [6, 6.07) is 3.06. The van der Waals surface area contributed by atoms with Gasteiger partial charge in [-0.25, -0.2) is 22.9 Å². The summed E-state index contributed by atoms with van der Waals surface area (Å²) in [6.07, 6.45) is 6.30. The van der Waals surface area contributed by atoms with Crippen LogP contribution in [-0.4, -0.2) is 78.4 Å². The summed E-state index contributed by atoms with van der Waals surface area (Å²) in [7, 11) is -2.69. The topological polar surface area (TPSA) is 177 Å². The molecule has 5 amide bonds. The molecule has 242 valence electrons. The van der Waals surface area contributed by atoms with Gasteiger partial charge in [-0.3, -0.25) is 14.3 Å². The van der Waals surface area contributed by atoms with Crippen LogP contribution in [0.15, 0.2) is 36.4 Å². The monoisotopic (exact) mass is 633 g/mol. The number of amides is 5. The Hall–Kier alpha value is -3.81. The van der Waals surface area contributed by atoms with Crippen LogP contribution >= 0.6 is 0 Å². The highest BCUT2D eigenvalue weighted by Crippen LogP contribution is 2.50. The molecule has 4 rings (SSSR count). The molecule has 1 saturated carbocycles. The van der Waals surface area contributed by atoms with E-state index in [1.54, 1.807) is 45.0 Å². The maximum absolute atomic E-state index is 14.0. The Morgan fingerprint density at radius 3 is 2.57 bits per heavy atom. The molecule has 14 heteroatoms. The van der Waals surface area contributed by atoms with E-state index in [2.05, 4.69) is 10.0 Å². The van der Waals surface area contributed by atoms with Gasteiger partial charge in [0.25, 0.3) is 10.0 Å². The molecule has 1 aliphatic carbocycles. The van der Waals surface area contributed by atoms with Gasteiger partial charge in [-0.05, 0) is 71.4 Å². The van der Waals surface area contributed by atoms with Gasteiger partial charge in [-0.2, -0.15) is 0 Å². The third kappa shape index (κ3) is 7.28. The molecule has 4 atom stereocenters. The van der Waals surface area contributed by atoms with Crippen LogP contribution in [-0.2, 0) is 24.3 Å². The molecule has 3 aliphatic rings. The second kappa shape index (κ2) is 13.0. The highest BCUT2D eigenvalue weighted by molar-refractivity contribution is 7.94. The Balaban J connectivity index is 1.65. The van der Waals surface area contributed by atoms with E-state index in [0.29, 0.717) is 36.3 Å². The van der Waals surface area contributed by atoms with Gasteiger partial charge in [-0.1, -0.05) is 31.1 Å². The Morgan fingerprint density at radius 1 is 1.14 bits per heavy atom. The van der Waals surface area contributed by atoms with Crippen LogP contribution < -0.4 is 20.5 Å². The van der Waals surface area contributed by atoms with Crippen molar-refractivity contribution in [1.29, 1.82) is 0 Å². The summed E-state index contributed by atoms with van der Waals surface area (Å²) >= 11 is 0. The van der Waals surface area contributed by atoms with E-state index in [1.807, 2.05) is 12.2 Å². The van der Waals surface area contributed by atoms with Crippen LogP contribution in [0, 0.1) is 5.92 Å². The average Bonchev–Trinajstić information content (AvgIpc) is 3.41. The lowest BCUT2D eigenvalue weighted by atomic mass is 10.0. The van der Waals surface area contributed by atoms with Crippen molar-refractivity contribution in [2.75, 3.05) is 18.4 Å². The molecule has 1 saturated heterocycles. The van der Waals surface area contributed by atoms with Crippen molar-refractivity contribution in [3.8, 4) is 5.75 Å². The van der Waals surface area contributed by atoms with E-state index < -0.39 is 62.4 Å². The summed E-state index contributed by atoms with van der Waals surface area (Å²) in [5.41, 5.74) is 4.95. The fourth-order valence-corrected chi connectivity index (χ4v) is 7.54. The van der Waals surface area contributed by atoms with Crippen molar-refractivity contribution >= 4 is 39.6 Å². The number of benzene rings is 1. The number of allylic oxidation sites excluding steroid dienone is 1. The maximum atomic E-state index is 14.0. The van der Waals surface area contributed by atoms with E-state index in [0.717, 1.165) is 6.42 Å². The number of methoxy groups -OCH3 is 1. The van der Waals surface area contributed by atoms with Crippen molar-refractivity contribution in [1.82, 2.24) is 15.1 Å². The first-order chi connectivity index (χ1) is 20.7. The van der Waals surface area contributed by atoms with E-state index in [-0.39, 0.29) is 31.5 Å². The number of primary amides is 1. The van der Waals surface area contributed by atoms with Gasteiger partial charge in [0.05, 0.1) is 12.8 Å². The first-order valence-corrected chi connectivity index (χ1v) is 16.4. The molecule has 13 nitrogen and oxygen atoms in total. The van der Waals surface area contributed by atoms with Gasteiger partial charge in [-0.15, -0.1) is 0 Å². The number of anilines is 1. The standard InChI is InChI=1S/C30H43N5O8S/c1-29(2,3)43-28(39)35(27(31)38)24-15-9-7-5-6-8-12-20-19-30(20,32-25(36)23-16-11-17-34(23)26(24)37)44(40,41)33-21-13-10-14-22(18-21)42-4/h8,10,12-14,18,20,23-24,33H,5-7,9,11,15-17,19H2,1-4H3,(H2,31,38)(H,32,36)/b12-8-. The van der Waals surface area contributed by atoms with Gasteiger partial charge in [0.2, 0.25) is 11.8 Å². The van der Waals surface area contributed by atoms with Crippen LogP contribution in [0.5, 0.6) is 5.75 Å². The Morgan fingerprint density at radius 2 is 1.89 bits per heavy atom. The highest BCUT2D eigenvalue weighted by atomic mass is 32.2. The number of imide groups is 1. The molecule has 2 aliphatic heterocycles. The molecule has 0 aromatic heterocycles. The number of sulfonamides is 1. The smallest absolute Gasteiger partial charge is 0.419 e. The van der Waals surface area contributed by atoms with Gasteiger partial charge >= 0.3 is 12.1 Å². The fraction of sp³-hybridized carbons (Fsp3) is 0.600. The number of nitrogens with two attached hydrogens (primary N) is 1. The molecule has 4 unspecified atom stereocenters. The number of carbonyl (C=O) groups excluding carboxylic acids is 4. The van der Waals surface area contributed by atoms with Gasteiger partial charge in [0, 0.05) is 18.5 Å². The summed E-state index contributed by atoms with van der Waals surface area (Å²) in [5, 5.41) is 2.78. The zero-order valence-electron chi connectivity index (χ0n) is 25.7. The van der Waals surface area contributed by atoms with Gasteiger partial charge in [0.15, 0.2) is 4.87 Å². The van der Waals surface area contributed by atoms with Crippen molar-refractivity contribution < 1.29 is 37.1 Å². The predicted octanol–water partition coefficient (Wildman–Crippen LogP) is 3.47. The molecule has 4 N–H and O–H groups in total. The molecule has 1 aromatic carbocycles. The maximum Gasteiger partial charge on any atom is 0.419 e. The van der Waals surface area contributed by atoms with Gasteiger partial charge < -0.3 is 25.4 Å². The predicted molar refractivity (Wildman–Crippen MR) is 163 cm³/mol. The number of hydrogen-bond donors (Lipinski definition) is 3. The molecule has 0 bridgehead atoms. The molecule has 1 aromatic rings. The zero-order valence-corrected chi connectivity index (χ0v) is 26.5. The lowest BCUT2D eigenvalue weighted by molar-refractivity contribution is -0.142. The number of nitrogens with zero attached hydrogens (tertiary/aromatic N) is 2. The lowest BCUT2D eigenvalue weighted by Crippen LogP contribution is -2.59. The van der Waals surface area contributed by atoms with Crippen LogP contribution in [0.3, 0.4) is 0 Å². The first kappa shape index (κ1) is 33.1. The Labute approximate surface area is 258 Å². The molecular weight excluding hydrogens is 590 g/mol. The second-order valence-electron chi connectivity index (χ2n) is 12.5. The molecule has 2 heterocycles. The van der Waals surface area contributed by atoms with E-state index in [9.17, 15) is 27.6 Å². The summed E-state index contributed by atoms with van der Waals surface area (Å²) in [4.78, 5) is 53.8. The lowest BCUT2D eigenvalue weighted by Gasteiger charge is -2.34. The fourth-order valence-electron chi connectivity index (χ4n) is 5.81. The van der Waals surface area contributed by atoms with Crippen LogP contribution in [0.1, 0.15) is 72.1 Å². The summed E-state index contributed by atoms with van der Waals surface area (Å²) < 4.78 is 40.9. The number of ether oxygens (including phenoxy) is 2. The number of fused-ring (bicyclic) bond motifs is 2. The number of carbonyl (C=O) groups is 4. The van der Waals surface area contributed by atoms with E-state index >= 15 is 0 Å². The number of hydrogen-bond acceptors (Lipinski definition) is 8. The summed E-state index contributed by atoms with van der Waals surface area (Å²) in [6.45, 7) is 5.10. The molecule has 44 heavy (non-hydrogen) atoms. The van der Waals surface area contributed by atoms with Crippen molar-refractivity contribution in [2.45, 2.75) is 94.7 Å². The van der Waals surface area contributed by atoms with Crippen molar-refractivity contribution in [3.63, 3.8) is 0 Å². The number of rotatable bonds is 5. The molecule has 0 spiro atoms. The van der Waals surface area contributed by atoms with E-state index in [4.69, 9.17) is 15.2 Å². The third-order valence-electron chi connectivity index (χ3n) is 8.08. The quantitative estimate of drug-likeness (QED) is 0.413. The van der Waals surface area contributed by atoms with Gasteiger partial charge in [0.1, 0.15) is 23.4 Å². The van der Waals surface area contributed by atoms with Crippen molar-refractivity contribution in [3.05, 3.63) is 36.4 Å². The van der Waals surface area contributed by atoms with Crippen LogP contribution in [0.25, 0.3) is 0 Å². The highest BCUT2D eigenvalue weighted by Gasteiger charge is 2.64. The minimum absolute atomic E-state index is 0.140. The number of nitrogens with one attached hydrogen (secondary N) is 2. The normalized spacial score (nSPS) is 27.0. The number of urea groups is 1. The molecular formula is C30H43N5O8S. The largest absolute Gasteiger partial charge is 0.497 e. The SMILES string of the molecule is COc1cccc(NS(=O)(=O)C23CC2/C=C\CCCCCC(N(C(N)=O)C(=O)OC(C)(C)C)C(=O)N2CCCC2C(=O)N3)c1. The minimum Gasteiger partial charge on any atom is -0.497 e. The Bertz CT molecular complexity index is 1410. The van der Waals surface area contributed by atoms with Crippen LogP contribution in [0.4, 0.5) is 15.3 Å². The van der Waals surface area contributed by atoms with Crippen molar-refractivity contribution in [2.24, 2.45) is 11.7 Å². The summed E-state index contributed by atoms with van der Waals surface area (Å²) in [5.74, 6) is -1.25. The average molecular weight is 634 g/mol. The van der Waals surface area contributed by atoms with E-state index in [1.165, 1.54) is 12.0 Å². The first-order valence-electron chi connectivity index (χ1n) is 15.0. The second-order valence-corrected chi connectivity index (χ2v) is 14.4.